The van der Waals surface area contributed by atoms with Crippen molar-refractivity contribution in [3.05, 3.63) is 47.9 Å². The zero-order chi connectivity index (χ0) is 20.9. The monoisotopic (exact) mass is 409 g/mol. The third-order valence-electron chi connectivity index (χ3n) is 3.17. The highest BCUT2D eigenvalue weighted by Crippen LogP contribution is 2.23. The molecule has 0 aliphatic carbocycles. The summed E-state index contributed by atoms with van der Waals surface area (Å²) in [5.74, 6) is -1.41. The average molecular weight is 409 g/mol. The van der Waals surface area contributed by atoms with Gasteiger partial charge in [0.2, 0.25) is 5.88 Å². The van der Waals surface area contributed by atoms with Crippen molar-refractivity contribution in [3.8, 4) is 11.6 Å². The Bertz CT molecular complexity index is 791. The van der Waals surface area contributed by atoms with E-state index in [2.05, 4.69) is 24.8 Å². The second-order valence-corrected chi connectivity index (χ2v) is 5.45. The fourth-order valence-electron chi connectivity index (χ4n) is 1.94. The van der Waals surface area contributed by atoms with Gasteiger partial charge in [-0.2, -0.15) is 13.2 Å². The Balaban J connectivity index is 1.94. The fraction of sp³-hybridized carbons (Fsp3) is 0.312. The van der Waals surface area contributed by atoms with Crippen molar-refractivity contribution in [3.63, 3.8) is 0 Å². The zero-order valence-corrected chi connectivity index (χ0v) is 14.1. The second kappa shape index (κ2) is 8.31. The minimum absolute atomic E-state index is 0.0689. The predicted molar refractivity (Wildman–Crippen MR) is 82.6 cm³/mol. The summed E-state index contributed by atoms with van der Waals surface area (Å²) in [5.41, 5.74) is 0.309. The zero-order valence-electron chi connectivity index (χ0n) is 14.1. The molecule has 1 unspecified atom stereocenters. The molecule has 1 amide bonds. The number of benzene rings is 1. The SMILES string of the molecule is CC(NC(=O)c1ccc(OC(F)(F)F)cc1)c1cnc(OCC(F)(F)F)cn1. The van der Waals surface area contributed by atoms with Gasteiger partial charge in [0.1, 0.15) is 5.75 Å². The van der Waals surface area contributed by atoms with Crippen LogP contribution in [0.25, 0.3) is 0 Å². The molecular formula is C16H13F6N3O3. The maximum Gasteiger partial charge on any atom is 0.573 e. The van der Waals surface area contributed by atoms with Crippen molar-refractivity contribution in [1.82, 2.24) is 15.3 Å². The summed E-state index contributed by atoms with van der Waals surface area (Å²) >= 11 is 0. The number of nitrogens with zero attached hydrogens (tertiary/aromatic N) is 2. The molecule has 152 valence electrons. The second-order valence-electron chi connectivity index (χ2n) is 5.45. The minimum atomic E-state index is -4.84. The van der Waals surface area contributed by atoms with Crippen LogP contribution < -0.4 is 14.8 Å². The van der Waals surface area contributed by atoms with Gasteiger partial charge < -0.3 is 14.8 Å². The molecule has 0 aliphatic rings. The number of hydrogen-bond donors (Lipinski definition) is 1. The molecule has 1 heterocycles. The highest BCUT2D eigenvalue weighted by atomic mass is 19.4. The normalized spacial score (nSPS) is 13.0. The molecule has 0 bridgehead atoms. The van der Waals surface area contributed by atoms with Gasteiger partial charge in [0.15, 0.2) is 6.61 Å². The molecule has 12 heteroatoms. The summed E-state index contributed by atoms with van der Waals surface area (Å²) in [4.78, 5) is 19.7. The summed E-state index contributed by atoms with van der Waals surface area (Å²) < 4.78 is 80.7. The Morgan fingerprint density at radius 3 is 2.21 bits per heavy atom. The molecule has 0 saturated carbocycles. The van der Waals surface area contributed by atoms with E-state index in [1.807, 2.05) is 0 Å². The molecule has 2 rings (SSSR count). The first-order valence-corrected chi connectivity index (χ1v) is 7.61. The van der Waals surface area contributed by atoms with E-state index >= 15 is 0 Å². The highest BCUT2D eigenvalue weighted by Gasteiger charge is 2.31. The smallest absolute Gasteiger partial charge is 0.467 e. The van der Waals surface area contributed by atoms with E-state index < -0.39 is 36.8 Å². The number of alkyl halides is 6. The molecule has 1 atom stereocenters. The van der Waals surface area contributed by atoms with Crippen LogP contribution >= 0.6 is 0 Å². The molecule has 0 fully saturated rings. The van der Waals surface area contributed by atoms with E-state index in [1.54, 1.807) is 6.92 Å². The first-order chi connectivity index (χ1) is 12.9. The topological polar surface area (TPSA) is 73.3 Å². The van der Waals surface area contributed by atoms with Gasteiger partial charge in [0, 0.05) is 5.56 Å². The number of nitrogens with one attached hydrogen (secondary N) is 1. The number of amides is 1. The maximum absolute atomic E-state index is 12.1. The summed E-state index contributed by atoms with van der Waals surface area (Å²) in [6, 6.07) is 3.58. The third kappa shape index (κ3) is 6.93. The Morgan fingerprint density at radius 2 is 1.71 bits per heavy atom. The van der Waals surface area contributed by atoms with E-state index in [9.17, 15) is 31.1 Å². The molecular weight excluding hydrogens is 396 g/mol. The van der Waals surface area contributed by atoms with E-state index in [1.165, 1.54) is 0 Å². The quantitative estimate of drug-likeness (QED) is 0.735. The van der Waals surface area contributed by atoms with Gasteiger partial charge in [0.05, 0.1) is 24.1 Å². The van der Waals surface area contributed by atoms with Gasteiger partial charge in [-0.05, 0) is 31.2 Å². The first kappa shape index (κ1) is 21.3. The van der Waals surface area contributed by atoms with Crippen molar-refractivity contribution in [1.29, 1.82) is 0 Å². The van der Waals surface area contributed by atoms with Crippen LogP contribution in [0.1, 0.15) is 29.0 Å². The van der Waals surface area contributed by atoms with Crippen molar-refractivity contribution in [2.75, 3.05) is 6.61 Å². The lowest BCUT2D eigenvalue weighted by Gasteiger charge is -2.14. The summed E-state index contributed by atoms with van der Waals surface area (Å²) in [6.07, 6.45) is -7.24. The highest BCUT2D eigenvalue weighted by molar-refractivity contribution is 5.94. The minimum Gasteiger partial charge on any atom is -0.467 e. The number of carbonyl (C=O) groups excluding carboxylic acids is 1. The van der Waals surface area contributed by atoms with Crippen LogP contribution in [0.4, 0.5) is 26.3 Å². The molecule has 0 spiro atoms. The number of hydrogen-bond acceptors (Lipinski definition) is 5. The van der Waals surface area contributed by atoms with Gasteiger partial charge in [-0.15, -0.1) is 13.2 Å². The number of halogens is 6. The van der Waals surface area contributed by atoms with Gasteiger partial charge in [-0.25, -0.2) is 4.98 Å². The first-order valence-electron chi connectivity index (χ1n) is 7.61. The lowest BCUT2D eigenvalue weighted by atomic mass is 10.1. The largest absolute Gasteiger partial charge is 0.573 e. The van der Waals surface area contributed by atoms with E-state index in [-0.39, 0.29) is 17.1 Å². The Kier molecular flexibility index (Phi) is 6.31. The Hall–Kier alpha value is -3.05. The Morgan fingerprint density at radius 1 is 1.07 bits per heavy atom. The summed E-state index contributed by atoms with van der Waals surface area (Å²) in [5, 5.41) is 2.53. The van der Waals surface area contributed by atoms with E-state index in [0.717, 1.165) is 36.7 Å². The standard InChI is InChI=1S/C16H13F6N3O3/c1-9(12-6-24-13(7-23-12)27-8-15(17,18)19)25-14(26)10-2-4-11(5-3-10)28-16(20,21)22/h2-7,9H,8H2,1H3,(H,25,26). The molecule has 2 aromatic rings. The summed E-state index contributed by atoms with van der Waals surface area (Å²) in [7, 11) is 0. The number of carbonyl (C=O) groups is 1. The molecule has 0 radical (unpaired) electrons. The van der Waals surface area contributed by atoms with Crippen LogP contribution in [0.3, 0.4) is 0 Å². The molecule has 28 heavy (non-hydrogen) atoms. The van der Waals surface area contributed by atoms with Crippen molar-refractivity contribution in [2.24, 2.45) is 0 Å². The van der Waals surface area contributed by atoms with Crippen molar-refractivity contribution in [2.45, 2.75) is 25.5 Å². The molecule has 0 saturated heterocycles. The predicted octanol–water partition coefficient (Wildman–Crippen LogP) is 3.81. The van der Waals surface area contributed by atoms with Gasteiger partial charge >= 0.3 is 12.5 Å². The van der Waals surface area contributed by atoms with E-state index in [4.69, 9.17) is 0 Å². The lowest BCUT2D eigenvalue weighted by Crippen LogP contribution is -2.27. The van der Waals surface area contributed by atoms with Crippen LogP contribution in [-0.2, 0) is 0 Å². The van der Waals surface area contributed by atoms with Gasteiger partial charge in [-0.3, -0.25) is 9.78 Å². The van der Waals surface area contributed by atoms with Crippen LogP contribution in [-0.4, -0.2) is 35.0 Å². The van der Waals surface area contributed by atoms with Crippen LogP contribution in [0.5, 0.6) is 11.6 Å². The molecule has 6 nitrogen and oxygen atoms in total. The van der Waals surface area contributed by atoms with Crippen LogP contribution in [0.2, 0.25) is 0 Å². The number of aromatic nitrogens is 2. The number of rotatable bonds is 6. The van der Waals surface area contributed by atoms with Crippen molar-refractivity contribution < 1.29 is 40.6 Å². The average Bonchev–Trinajstić information content (AvgIpc) is 2.59. The van der Waals surface area contributed by atoms with Gasteiger partial charge in [0.25, 0.3) is 5.91 Å². The summed E-state index contributed by atoms with van der Waals surface area (Å²) in [6.45, 7) is 0.0284. The molecule has 1 aromatic heterocycles. The van der Waals surface area contributed by atoms with Crippen molar-refractivity contribution >= 4 is 5.91 Å². The maximum atomic E-state index is 12.1. The van der Waals surface area contributed by atoms with Crippen LogP contribution in [0, 0.1) is 0 Å². The Labute approximate surface area is 154 Å². The molecule has 1 aromatic carbocycles. The van der Waals surface area contributed by atoms with E-state index in [0.29, 0.717) is 0 Å². The molecule has 0 aliphatic heterocycles. The lowest BCUT2D eigenvalue weighted by molar-refractivity contribution is -0.274. The fourth-order valence-corrected chi connectivity index (χ4v) is 1.94. The van der Waals surface area contributed by atoms with Gasteiger partial charge in [-0.1, -0.05) is 0 Å². The molecule has 1 N–H and O–H groups in total. The number of ether oxygens (including phenoxy) is 2. The van der Waals surface area contributed by atoms with Crippen LogP contribution in [0.15, 0.2) is 36.7 Å². The third-order valence-corrected chi connectivity index (χ3v) is 3.17.